The van der Waals surface area contributed by atoms with Crippen molar-refractivity contribution in [3.05, 3.63) is 23.8 Å². The molecule has 348 valence electrons. The van der Waals surface area contributed by atoms with Crippen molar-refractivity contribution in [1.29, 1.82) is 0 Å². The summed E-state index contributed by atoms with van der Waals surface area (Å²) >= 11 is 0. The molecule has 8 saturated heterocycles. The van der Waals surface area contributed by atoms with E-state index in [9.17, 15) is 30.0 Å². The Hall–Kier alpha value is -1.86. The first-order chi connectivity index (χ1) is 29.3. The number of hydrogen-bond acceptors (Lipinski definition) is 15. The third-order valence-electron chi connectivity index (χ3n) is 16.0. The van der Waals surface area contributed by atoms with E-state index < -0.39 is 107 Å². The maximum absolute atomic E-state index is 14.1. The Bertz CT molecular complexity index is 1770. The number of Topliss-reactive ketones (excluding diaryl/α,β-unsaturated/α-hetero) is 1. The zero-order valence-electron chi connectivity index (χ0n) is 37.3. The van der Waals surface area contributed by atoms with Crippen LogP contribution >= 0.6 is 0 Å². The van der Waals surface area contributed by atoms with E-state index in [4.69, 9.17) is 42.6 Å². The lowest BCUT2D eigenvalue weighted by molar-refractivity contribution is -0.365. The van der Waals surface area contributed by atoms with Gasteiger partial charge < -0.3 is 63.1 Å². The molecule has 0 aromatic carbocycles. The van der Waals surface area contributed by atoms with Crippen molar-refractivity contribution in [3.63, 3.8) is 0 Å². The lowest BCUT2D eigenvalue weighted by Gasteiger charge is -2.47. The number of carbonyl (C=O) groups excluding carboxylic acids is 2. The van der Waals surface area contributed by atoms with Gasteiger partial charge in [0.15, 0.2) is 17.4 Å². The lowest BCUT2D eigenvalue weighted by Crippen LogP contribution is -2.59. The van der Waals surface area contributed by atoms with Gasteiger partial charge in [0.05, 0.1) is 48.6 Å². The Labute approximate surface area is 365 Å². The van der Waals surface area contributed by atoms with Crippen molar-refractivity contribution in [1.82, 2.24) is 0 Å². The minimum absolute atomic E-state index is 0.0379. The molecule has 9 aliphatic heterocycles. The van der Waals surface area contributed by atoms with E-state index in [1.807, 2.05) is 26.0 Å². The van der Waals surface area contributed by atoms with Crippen LogP contribution < -0.4 is 0 Å². The number of aliphatic hydroxyl groups is 4. The van der Waals surface area contributed by atoms with Gasteiger partial charge in [-0.05, 0) is 90.9 Å². The molecule has 0 aromatic heterocycles. The van der Waals surface area contributed by atoms with Crippen molar-refractivity contribution in [2.24, 2.45) is 17.8 Å². The molecule has 62 heavy (non-hydrogen) atoms. The molecule has 9 heterocycles. The van der Waals surface area contributed by atoms with Crippen molar-refractivity contribution in [3.8, 4) is 0 Å². The van der Waals surface area contributed by atoms with E-state index in [0.717, 1.165) is 18.4 Å². The standard InChI is InChI=1S/C47H70O15/c1-26-9-10-32-34(21-37(55-32)47(53)39(50)28(3)13-19-54-47)56-41(52)29(4)31-8-7-14-45(57-31)16-11-33(58-45)40(51)43(6)23-30(49)38(61-43)35-24-44(25-48)17-18-46(59-35,62-44)36-12-15-42(5,60-36)22-27(2)20-26/h9-10,20,27-29,31-40,48,50-51,53H,7-8,11-19,21-25H2,1-6H3/t27?,28?,29-,31+,32+,33-,34+,35+,36+,37-,38+,39?,40-,42+,43-,44+,45+,46-,47+/m1/s1. The van der Waals surface area contributed by atoms with Crippen molar-refractivity contribution >= 4 is 11.8 Å². The van der Waals surface area contributed by atoms with Crippen molar-refractivity contribution < 1.29 is 72.6 Å². The number of rotatable bonds is 2. The second-order valence-corrected chi connectivity index (χ2v) is 21.2. The number of ether oxygens (including phenoxy) is 9. The van der Waals surface area contributed by atoms with Gasteiger partial charge in [0.25, 0.3) is 0 Å². The van der Waals surface area contributed by atoms with Crippen LogP contribution in [-0.4, -0.2) is 141 Å². The fourth-order valence-corrected chi connectivity index (χ4v) is 12.5. The van der Waals surface area contributed by atoms with E-state index in [-0.39, 0.29) is 50.1 Å². The Morgan fingerprint density at radius 1 is 0.806 bits per heavy atom. The summed E-state index contributed by atoms with van der Waals surface area (Å²) in [5.74, 6) is -5.63. The number of fused-ring (bicyclic) bond motifs is 10. The van der Waals surface area contributed by atoms with Crippen molar-refractivity contribution in [2.75, 3.05) is 13.2 Å². The molecule has 9 aliphatic rings. The number of aliphatic hydroxyl groups excluding tert-OH is 3. The van der Waals surface area contributed by atoms with Gasteiger partial charge in [-0.25, -0.2) is 0 Å². The monoisotopic (exact) mass is 874 g/mol. The fourth-order valence-electron chi connectivity index (χ4n) is 12.5. The molecule has 0 radical (unpaired) electrons. The van der Waals surface area contributed by atoms with Gasteiger partial charge in [-0.3, -0.25) is 9.59 Å². The normalized spacial score (nSPS) is 53.6. The zero-order valence-corrected chi connectivity index (χ0v) is 37.3. The Balaban J connectivity index is 1.01. The highest BCUT2D eigenvalue weighted by atomic mass is 16.8. The Kier molecular flexibility index (Phi) is 12.0. The van der Waals surface area contributed by atoms with Crippen LogP contribution in [0.15, 0.2) is 23.8 Å². The molecule has 0 aliphatic carbocycles. The molecule has 9 rings (SSSR count). The van der Waals surface area contributed by atoms with E-state index in [1.165, 1.54) is 0 Å². The van der Waals surface area contributed by atoms with Gasteiger partial charge in [-0.1, -0.05) is 37.6 Å². The summed E-state index contributed by atoms with van der Waals surface area (Å²) in [6, 6.07) is 0. The summed E-state index contributed by atoms with van der Waals surface area (Å²) in [6.45, 7) is 11.7. The molecular formula is C47H70O15. The maximum Gasteiger partial charge on any atom is 0.311 e. The lowest BCUT2D eigenvalue weighted by atomic mass is 9.87. The van der Waals surface area contributed by atoms with Gasteiger partial charge in [0.1, 0.15) is 48.3 Å². The molecule has 2 spiro atoms. The van der Waals surface area contributed by atoms with Gasteiger partial charge in [-0.15, -0.1) is 0 Å². The first-order valence-corrected chi connectivity index (χ1v) is 23.5. The van der Waals surface area contributed by atoms with Crippen LogP contribution in [0.1, 0.15) is 131 Å². The predicted octanol–water partition coefficient (Wildman–Crippen LogP) is 4.23. The van der Waals surface area contributed by atoms with E-state index >= 15 is 0 Å². The molecule has 0 aromatic rings. The number of ketones is 1. The van der Waals surface area contributed by atoms with Crippen LogP contribution in [0.3, 0.4) is 0 Å². The van der Waals surface area contributed by atoms with Crippen molar-refractivity contribution in [2.45, 2.75) is 227 Å². The molecule has 19 atom stereocenters. The first-order valence-electron chi connectivity index (χ1n) is 23.5. The second kappa shape index (κ2) is 16.5. The average molecular weight is 875 g/mol. The highest BCUT2D eigenvalue weighted by Gasteiger charge is 2.66. The summed E-state index contributed by atoms with van der Waals surface area (Å²) in [5, 5.41) is 45.5. The largest absolute Gasteiger partial charge is 0.459 e. The quantitative estimate of drug-likeness (QED) is 0.288. The highest BCUT2D eigenvalue weighted by molar-refractivity contribution is 5.86. The maximum atomic E-state index is 14.1. The summed E-state index contributed by atoms with van der Waals surface area (Å²) in [7, 11) is 0. The van der Waals surface area contributed by atoms with Gasteiger partial charge in [0.2, 0.25) is 5.79 Å². The van der Waals surface area contributed by atoms with E-state index in [2.05, 4.69) is 19.9 Å². The minimum Gasteiger partial charge on any atom is -0.459 e. The van der Waals surface area contributed by atoms with E-state index in [0.29, 0.717) is 57.8 Å². The molecule has 8 fully saturated rings. The number of hydrogen-bond donors (Lipinski definition) is 4. The highest BCUT2D eigenvalue weighted by Crippen LogP contribution is 2.55. The van der Waals surface area contributed by atoms with Crippen LogP contribution in [-0.2, 0) is 52.2 Å². The molecule has 15 nitrogen and oxygen atoms in total. The third kappa shape index (κ3) is 8.09. The van der Waals surface area contributed by atoms with Gasteiger partial charge in [-0.2, -0.15) is 0 Å². The number of allylic oxidation sites excluding steroid dienone is 3. The summed E-state index contributed by atoms with van der Waals surface area (Å²) in [5.41, 5.74) is -1.73. The average Bonchev–Trinajstić information content (AvgIpc) is 4.06. The molecule has 3 unspecified atom stereocenters. The molecular weight excluding hydrogens is 805 g/mol. The SMILES string of the molecule is CC1=CC(C)C[C@]2(C)CC[C@H](O2)[C@]23CC[C@@](CO)(C[C@H](O2)[C@H]2O[C@](C)(CC2=O)[C@H](O)[C@H]2CC[C@]4(CCC[C@H](O4)[C@@H](C)C(=O)O[C@H]4C[C@H]([C@]5(O)OCCC(C)C5O)O[C@H]4C=C1)O2)O3. The van der Waals surface area contributed by atoms with Crippen LogP contribution in [0.5, 0.6) is 0 Å². The summed E-state index contributed by atoms with van der Waals surface area (Å²) in [6.07, 6.45) is 4.76. The number of esters is 1. The Morgan fingerprint density at radius 2 is 1.60 bits per heavy atom. The third-order valence-corrected chi connectivity index (χ3v) is 16.0. The summed E-state index contributed by atoms with van der Waals surface area (Å²) < 4.78 is 58.8. The Morgan fingerprint density at radius 3 is 2.39 bits per heavy atom. The van der Waals surface area contributed by atoms with Gasteiger partial charge >= 0.3 is 5.97 Å². The zero-order chi connectivity index (χ0) is 44.0. The molecule has 15 heteroatoms. The van der Waals surface area contributed by atoms with Gasteiger partial charge in [0, 0.05) is 38.5 Å². The van der Waals surface area contributed by atoms with Crippen LogP contribution in [0, 0.1) is 17.8 Å². The second-order valence-electron chi connectivity index (χ2n) is 21.2. The van der Waals surface area contributed by atoms with Crippen LogP contribution in [0.4, 0.5) is 0 Å². The summed E-state index contributed by atoms with van der Waals surface area (Å²) in [4.78, 5) is 28.0. The fraction of sp³-hybridized carbons (Fsp3) is 0.872. The van der Waals surface area contributed by atoms with E-state index in [1.54, 1.807) is 13.8 Å². The first kappa shape index (κ1) is 45.3. The predicted molar refractivity (Wildman–Crippen MR) is 219 cm³/mol. The molecule has 0 amide bonds. The molecule has 0 saturated carbocycles. The molecule has 4 N–H and O–H groups in total. The van der Waals surface area contributed by atoms with Crippen LogP contribution in [0.2, 0.25) is 0 Å². The minimum atomic E-state index is -1.97. The smallest absolute Gasteiger partial charge is 0.311 e. The van der Waals surface area contributed by atoms with Crippen LogP contribution in [0.25, 0.3) is 0 Å². The number of carbonyl (C=O) groups is 2. The molecule has 10 bridgehead atoms. The topological polar surface area (TPSA) is 198 Å².